The van der Waals surface area contributed by atoms with Gasteiger partial charge < -0.3 is 14.8 Å². The largest absolute Gasteiger partial charge is 0.480 e. The van der Waals surface area contributed by atoms with Crippen molar-refractivity contribution in [3.63, 3.8) is 0 Å². The first-order valence-electron chi connectivity index (χ1n) is 6.91. The third kappa shape index (κ3) is 3.68. The SMILES string of the molecule is CCCC(NC(=O)c1ccc(-c2ccccc2Cl)o1)C(=O)O. The quantitative estimate of drug-likeness (QED) is 0.852. The average molecular weight is 322 g/mol. The van der Waals surface area contributed by atoms with Crippen molar-refractivity contribution in [2.75, 3.05) is 0 Å². The molecule has 5 nitrogen and oxygen atoms in total. The van der Waals surface area contributed by atoms with Crippen molar-refractivity contribution in [1.29, 1.82) is 0 Å². The molecule has 0 saturated heterocycles. The molecule has 2 aromatic rings. The predicted octanol–water partition coefficient (Wildman–Crippen LogP) is 3.58. The Labute approximate surface area is 132 Å². The average Bonchev–Trinajstić information content (AvgIpc) is 2.96. The monoisotopic (exact) mass is 321 g/mol. The predicted molar refractivity (Wildman–Crippen MR) is 83.0 cm³/mol. The number of carbonyl (C=O) groups is 2. The van der Waals surface area contributed by atoms with Crippen LogP contribution in [0.3, 0.4) is 0 Å². The molecule has 1 unspecified atom stereocenters. The van der Waals surface area contributed by atoms with Crippen molar-refractivity contribution in [1.82, 2.24) is 5.32 Å². The number of benzene rings is 1. The number of hydrogen-bond donors (Lipinski definition) is 2. The lowest BCUT2D eigenvalue weighted by atomic mass is 10.1. The van der Waals surface area contributed by atoms with Crippen LogP contribution in [-0.2, 0) is 4.79 Å². The molecule has 6 heteroatoms. The number of nitrogens with one attached hydrogen (secondary N) is 1. The van der Waals surface area contributed by atoms with E-state index in [4.69, 9.17) is 21.1 Å². The Morgan fingerprint density at radius 2 is 2.00 bits per heavy atom. The fourth-order valence-corrected chi connectivity index (χ4v) is 2.27. The molecule has 1 amide bonds. The van der Waals surface area contributed by atoms with Crippen molar-refractivity contribution in [2.45, 2.75) is 25.8 Å². The summed E-state index contributed by atoms with van der Waals surface area (Å²) in [4.78, 5) is 23.1. The molecular weight excluding hydrogens is 306 g/mol. The molecule has 1 aromatic heterocycles. The Morgan fingerprint density at radius 3 is 2.64 bits per heavy atom. The second kappa shape index (κ2) is 7.13. The summed E-state index contributed by atoms with van der Waals surface area (Å²) in [6.45, 7) is 1.85. The first-order chi connectivity index (χ1) is 10.5. The number of hydrogen-bond acceptors (Lipinski definition) is 3. The number of rotatable bonds is 6. The molecule has 0 bridgehead atoms. The Morgan fingerprint density at radius 1 is 1.27 bits per heavy atom. The zero-order valence-electron chi connectivity index (χ0n) is 12.0. The number of halogens is 1. The van der Waals surface area contributed by atoms with E-state index in [1.54, 1.807) is 24.3 Å². The summed E-state index contributed by atoms with van der Waals surface area (Å²) >= 11 is 6.08. The second-order valence-corrected chi connectivity index (χ2v) is 5.20. The highest BCUT2D eigenvalue weighted by Crippen LogP contribution is 2.29. The summed E-state index contributed by atoms with van der Waals surface area (Å²) < 4.78 is 5.48. The van der Waals surface area contributed by atoms with Crippen LogP contribution in [0.25, 0.3) is 11.3 Å². The molecule has 1 aromatic carbocycles. The van der Waals surface area contributed by atoms with E-state index in [2.05, 4.69) is 5.32 Å². The van der Waals surface area contributed by atoms with Crippen molar-refractivity contribution < 1.29 is 19.1 Å². The van der Waals surface area contributed by atoms with Gasteiger partial charge in [0, 0.05) is 5.56 Å². The second-order valence-electron chi connectivity index (χ2n) is 4.80. The van der Waals surface area contributed by atoms with Gasteiger partial charge in [-0.05, 0) is 30.7 Å². The van der Waals surface area contributed by atoms with Crippen molar-refractivity contribution in [2.24, 2.45) is 0 Å². The molecule has 2 rings (SSSR count). The van der Waals surface area contributed by atoms with Gasteiger partial charge in [0.25, 0.3) is 5.91 Å². The fraction of sp³-hybridized carbons (Fsp3) is 0.250. The maximum absolute atomic E-state index is 12.1. The van der Waals surface area contributed by atoms with Crippen LogP contribution in [0.15, 0.2) is 40.8 Å². The van der Waals surface area contributed by atoms with E-state index < -0.39 is 17.9 Å². The van der Waals surface area contributed by atoms with Gasteiger partial charge in [-0.3, -0.25) is 4.79 Å². The van der Waals surface area contributed by atoms with Gasteiger partial charge in [-0.25, -0.2) is 4.79 Å². The van der Waals surface area contributed by atoms with Crippen molar-refractivity contribution in [3.05, 3.63) is 47.2 Å². The Balaban J connectivity index is 2.16. The topological polar surface area (TPSA) is 79.5 Å². The Hall–Kier alpha value is -2.27. The van der Waals surface area contributed by atoms with E-state index in [0.29, 0.717) is 29.2 Å². The van der Waals surface area contributed by atoms with Crippen LogP contribution in [-0.4, -0.2) is 23.0 Å². The number of carbonyl (C=O) groups excluding carboxylic acids is 1. The van der Waals surface area contributed by atoms with Crippen molar-refractivity contribution >= 4 is 23.5 Å². The van der Waals surface area contributed by atoms with Crippen LogP contribution in [0, 0.1) is 0 Å². The van der Waals surface area contributed by atoms with Gasteiger partial charge in [0.1, 0.15) is 11.8 Å². The van der Waals surface area contributed by atoms with Gasteiger partial charge >= 0.3 is 5.97 Å². The highest BCUT2D eigenvalue weighted by molar-refractivity contribution is 6.33. The molecule has 0 aliphatic heterocycles. The normalized spacial score (nSPS) is 11.9. The molecule has 0 aliphatic rings. The lowest BCUT2D eigenvalue weighted by Gasteiger charge is -2.12. The van der Waals surface area contributed by atoms with E-state index in [-0.39, 0.29) is 5.76 Å². The zero-order valence-corrected chi connectivity index (χ0v) is 12.8. The smallest absolute Gasteiger partial charge is 0.326 e. The molecule has 116 valence electrons. The summed E-state index contributed by atoms with van der Waals surface area (Å²) in [6, 6.07) is 9.31. The van der Waals surface area contributed by atoms with E-state index in [1.807, 2.05) is 13.0 Å². The zero-order chi connectivity index (χ0) is 16.1. The highest BCUT2D eigenvalue weighted by atomic mass is 35.5. The first kappa shape index (κ1) is 16.1. The van der Waals surface area contributed by atoms with Gasteiger partial charge in [0.2, 0.25) is 0 Å². The van der Waals surface area contributed by atoms with E-state index in [1.165, 1.54) is 6.07 Å². The number of amides is 1. The molecule has 0 aliphatic carbocycles. The molecule has 0 spiro atoms. The lowest BCUT2D eigenvalue weighted by Crippen LogP contribution is -2.40. The van der Waals surface area contributed by atoms with Gasteiger partial charge in [0.15, 0.2) is 5.76 Å². The first-order valence-corrected chi connectivity index (χ1v) is 7.29. The standard InChI is InChI=1S/C16H16ClNO4/c1-2-5-12(16(20)21)18-15(19)14-9-8-13(22-14)10-6-3-4-7-11(10)17/h3-4,6-9,12H,2,5H2,1H3,(H,18,19)(H,20,21). The summed E-state index contributed by atoms with van der Waals surface area (Å²) in [5, 5.41) is 12.0. The lowest BCUT2D eigenvalue weighted by molar-refractivity contribution is -0.139. The highest BCUT2D eigenvalue weighted by Gasteiger charge is 2.21. The van der Waals surface area contributed by atoms with Crippen LogP contribution in [0.4, 0.5) is 0 Å². The third-order valence-electron chi connectivity index (χ3n) is 3.15. The molecule has 1 heterocycles. The van der Waals surface area contributed by atoms with Crippen LogP contribution < -0.4 is 5.32 Å². The fourth-order valence-electron chi connectivity index (χ4n) is 2.04. The van der Waals surface area contributed by atoms with Gasteiger partial charge in [-0.1, -0.05) is 37.1 Å². The number of aliphatic carboxylic acids is 1. The molecule has 0 saturated carbocycles. The molecule has 2 N–H and O–H groups in total. The molecule has 0 fully saturated rings. The summed E-state index contributed by atoms with van der Waals surface area (Å²) in [5.74, 6) is -1.11. The summed E-state index contributed by atoms with van der Waals surface area (Å²) in [7, 11) is 0. The van der Waals surface area contributed by atoms with Gasteiger partial charge in [0.05, 0.1) is 5.02 Å². The third-order valence-corrected chi connectivity index (χ3v) is 3.48. The Kier molecular flexibility index (Phi) is 5.22. The minimum absolute atomic E-state index is 0.0530. The molecule has 0 radical (unpaired) electrons. The molecule has 1 atom stereocenters. The van der Waals surface area contributed by atoms with E-state index in [9.17, 15) is 9.59 Å². The van der Waals surface area contributed by atoms with Crippen LogP contribution in [0.5, 0.6) is 0 Å². The van der Waals surface area contributed by atoms with Crippen LogP contribution in [0.2, 0.25) is 5.02 Å². The number of carboxylic acid groups (broad SMARTS) is 1. The summed E-state index contributed by atoms with van der Waals surface area (Å²) in [6.07, 6.45) is 1.01. The Bertz CT molecular complexity index is 680. The van der Waals surface area contributed by atoms with E-state index >= 15 is 0 Å². The van der Waals surface area contributed by atoms with Gasteiger partial charge in [-0.15, -0.1) is 0 Å². The summed E-state index contributed by atoms with van der Waals surface area (Å²) in [5.41, 5.74) is 0.673. The van der Waals surface area contributed by atoms with Crippen LogP contribution in [0.1, 0.15) is 30.3 Å². The molecular formula is C16H16ClNO4. The maximum Gasteiger partial charge on any atom is 0.326 e. The number of carboxylic acids is 1. The minimum Gasteiger partial charge on any atom is -0.480 e. The molecule has 22 heavy (non-hydrogen) atoms. The van der Waals surface area contributed by atoms with Gasteiger partial charge in [-0.2, -0.15) is 0 Å². The van der Waals surface area contributed by atoms with Crippen LogP contribution >= 0.6 is 11.6 Å². The number of furan rings is 1. The maximum atomic E-state index is 12.1. The minimum atomic E-state index is -1.06. The van der Waals surface area contributed by atoms with E-state index in [0.717, 1.165) is 0 Å². The van der Waals surface area contributed by atoms with Crippen molar-refractivity contribution in [3.8, 4) is 11.3 Å².